The number of hydrogen-bond donors (Lipinski definition) is 1. The van der Waals surface area contributed by atoms with Crippen molar-refractivity contribution in [2.24, 2.45) is 0 Å². The topological polar surface area (TPSA) is 92.3 Å². The molecule has 1 aromatic rings. The quantitative estimate of drug-likeness (QED) is 0.441. The largest absolute Gasteiger partial charge is 1.00 e. The number of carbonyl (C=O) groups excluding carboxylic acids is 1. The molecule has 1 N–H and O–H groups in total. The minimum absolute atomic E-state index is 0. The molecule has 5 nitrogen and oxygen atoms in total. The Labute approximate surface area is 153 Å². The van der Waals surface area contributed by atoms with Gasteiger partial charge in [0.25, 0.3) is 0 Å². The van der Waals surface area contributed by atoms with Gasteiger partial charge in [0.2, 0.25) is 0 Å². The van der Waals surface area contributed by atoms with Gasteiger partial charge in [-0.15, -0.1) is 0 Å². The van der Waals surface area contributed by atoms with E-state index in [9.17, 15) is 16.7 Å². The third-order valence-electron chi connectivity index (χ3n) is 1.83. The van der Waals surface area contributed by atoms with Crippen LogP contribution in [0.3, 0.4) is 0 Å². The van der Waals surface area contributed by atoms with Gasteiger partial charge >= 0.3 is 155 Å². The fourth-order valence-electron chi connectivity index (χ4n) is 1.05. The molecule has 0 heterocycles. The Morgan fingerprint density at radius 2 is 1.78 bits per heavy atom. The predicted molar refractivity (Wildman–Crippen MR) is 56.0 cm³/mol. The summed E-state index contributed by atoms with van der Waals surface area (Å²) >= 11 is -5.52. The molecule has 0 fully saturated rings. The number of hydrogen-bond acceptors (Lipinski definition) is 4. The second-order valence-corrected chi connectivity index (χ2v) is 6.35. The zero-order chi connectivity index (χ0) is 12.3. The monoisotopic (exact) mass is 329 g/mol. The van der Waals surface area contributed by atoms with Crippen LogP contribution in [-0.2, 0) is 8.53 Å². The molecule has 0 aromatic heterocycles. The molecule has 0 saturated carbocycles. The second kappa shape index (κ2) is 8.80. The summed E-state index contributed by atoms with van der Waals surface area (Å²) in [6.45, 7) is 4.89. The number of para-hydroxylation sites is 1. The van der Waals surface area contributed by atoms with Crippen LogP contribution in [0, 0.1) is 0 Å². The van der Waals surface area contributed by atoms with Crippen molar-refractivity contribution < 1.29 is 75.8 Å². The van der Waals surface area contributed by atoms with Gasteiger partial charge in [0.15, 0.2) is 0 Å². The Morgan fingerprint density at radius 3 is 2.22 bits per heavy atom. The maximum Gasteiger partial charge on any atom is 1.00 e. The van der Waals surface area contributed by atoms with E-state index in [0.29, 0.717) is 0 Å². The summed E-state index contributed by atoms with van der Waals surface area (Å²) in [4.78, 5) is 11.3. The Kier molecular flexibility index (Phi) is 10.3. The Bertz CT molecular complexity index is 487. The maximum atomic E-state index is 11.3. The van der Waals surface area contributed by atoms with Gasteiger partial charge in [-0.1, -0.05) is 0 Å². The number of carbonyl (C=O) groups is 1. The minimum atomic E-state index is -5.52. The predicted octanol–water partition coefficient (Wildman–Crippen LogP) is -7.49. The van der Waals surface area contributed by atoms with Gasteiger partial charge < -0.3 is 0 Å². The van der Waals surface area contributed by atoms with E-state index in [1.807, 2.05) is 0 Å². The third kappa shape index (κ3) is 6.24. The molecule has 18 heavy (non-hydrogen) atoms. The van der Waals surface area contributed by atoms with Crippen LogP contribution in [0.2, 0.25) is 0 Å². The molecule has 0 aliphatic carbocycles. The number of amides is 1. The molecule has 0 aliphatic heterocycles. The molecule has 0 atom stereocenters. The summed E-state index contributed by atoms with van der Waals surface area (Å²) in [6, 6.07) is 5.49. The summed E-state index contributed by atoms with van der Waals surface area (Å²) in [5.74, 6) is -0.517. The molecule has 8 heteroatoms. The average Bonchev–Trinajstić information content (AvgIpc) is 2.16. The smallest absolute Gasteiger partial charge is 1.00 e. The number of nitrogens with one attached hydrogen (secondary N) is 1. The van der Waals surface area contributed by atoms with E-state index in [-0.39, 0.29) is 74.7 Å². The van der Waals surface area contributed by atoms with E-state index in [1.165, 1.54) is 31.2 Å². The SMILES string of the molecule is C=C(C)C(=O)Nc1ccccc1[As](=O)([O-])[O-].[Na+].[Na+]. The number of benzene rings is 1. The van der Waals surface area contributed by atoms with Crippen LogP contribution >= 0.6 is 0 Å². The Morgan fingerprint density at radius 1 is 1.28 bits per heavy atom. The normalized spacial score (nSPS) is 9.72. The van der Waals surface area contributed by atoms with Crippen LogP contribution in [0.4, 0.5) is 5.69 Å². The van der Waals surface area contributed by atoms with Crippen molar-refractivity contribution >= 4 is 30.1 Å². The molecule has 86 valence electrons. The Hall–Kier alpha value is 0.708. The molecule has 0 spiro atoms. The van der Waals surface area contributed by atoms with Crippen molar-refractivity contribution in [1.29, 1.82) is 0 Å². The van der Waals surface area contributed by atoms with Crippen LogP contribution in [0.1, 0.15) is 6.92 Å². The van der Waals surface area contributed by atoms with E-state index < -0.39 is 20.1 Å². The summed E-state index contributed by atoms with van der Waals surface area (Å²) in [5, 5.41) is 2.32. The van der Waals surface area contributed by atoms with E-state index in [4.69, 9.17) is 0 Å². The van der Waals surface area contributed by atoms with Gasteiger partial charge in [-0.3, -0.25) is 0 Å². The standard InChI is InChI=1S/C10H12AsNO4.2Na/c1-7(2)10(13)12-9-6-4-3-5-8(9)11(14,15)16;;/h3-6H,1H2,2H3,(H,12,13)(H2,14,15,16);;/q;2*+1/p-2. The molecule has 0 bridgehead atoms. The number of rotatable bonds is 3. The first-order chi connectivity index (χ1) is 7.32. The summed E-state index contributed by atoms with van der Waals surface area (Å²) in [5.41, 5.74) is 0.233. The van der Waals surface area contributed by atoms with E-state index in [1.54, 1.807) is 0 Å². The van der Waals surface area contributed by atoms with E-state index in [0.717, 1.165) is 0 Å². The molecule has 1 amide bonds. The van der Waals surface area contributed by atoms with Gasteiger partial charge in [0.05, 0.1) is 0 Å². The molecular formula is C10H10AsNNa2O4. The van der Waals surface area contributed by atoms with Crippen molar-refractivity contribution in [3.05, 3.63) is 36.4 Å². The first-order valence-corrected chi connectivity index (χ1v) is 7.64. The molecular weight excluding hydrogens is 319 g/mol. The zero-order valence-corrected chi connectivity index (χ0v) is 16.5. The van der Waals surface area contributed by atoms with Crippen LogP contribution in [0.15, 0.2) is 36.4 Å². The molecule has 1 aromatic carbocycles. The van der Waals surface area contributed by atoms with Gasteiger partial charge in [-0.05, 0) is 0 Å². The van der Waals surface area contributed by atoms with Crippen LogP contribution in [0.5, 0.6) is 0 Å². The first-order valence-electron chi connectivity index (χ1n) is 4.41. The third-order valence-corrected chi connectivity index (χ3v) is 3.89. The molecule has 1 rings (SSSR count). The molecule has 0 radical (unpaired) electrons. The summed E-state index contributed by atoms with van der Waals surface area (Å²) < 4.78 is 32.5. The molecule has 0 saturated heterocycles. The maximum absolute atomic E-state index is 11.3. The summed E-state index contributed by atoms with van der Waals surface area (Å²) in [7, 11) is 0. The van der Waals surface area contributed by atoms with Crippen molar-refractivity contribution in [2.75, 3.05) is 5.32 Å². The zero-order valence-electron chi connectivity index (χ0n) is 10.6. The number of anilines is 1. The van der Waals surface area contributed by atoms with Crippen molar-refractivity contribution in [2.45, 2.75) is 6.92 Å². The van der Waals surface area contributed by atoms with E-state index >= 15 is 0 Å². The minimum Gasteiger partial charge on any atom is 1.00 e. The fourth-order valence-corrected chi connectivity index (χ4v) is 2.50. The molecule has 0 aliphatic rings. The van der Waals surface area contributed by atoms with Crippen molar-refractivity contribution in [1.82, 2.24) is 0 Å². The van der Waals surface area contributed by atoms with Crippen molar-refractivity contribution in [3.63, 3.8) is 0 Å². The van der Waals surface area contributed by atoms with Gasteiger partial charge in [-0.25, -0.2) is 0 Å². The fraction of sp³-hybridized carbons (Fsp3) is 0.100. The Balaban J connectivity index is 0. The van der Waals surface area contributed by atoms with Crippen LogP contribution in [0.25, 0.3) is 0 Å². The summed E-state index contributed by atoms with van der Waals surface area (Å²) in [6.07, 6.45) is 0. The molecule has 0 unspecified atom stereocenters. The van der Waals surface area contributed by atoms with E-state index in [2.05, 4.69) is 11.9 Å². The second-order valence-electron chi connectivity index (χ2n) is 3.25. The first kappa shape index (κ1) is 21.0. The van der Waals surface area contributed by atoms with Crippen LogP contribution in [-0.4, -0.2) is 20.1 Å². The van der Waals surface area contributed by atoms with Gasteiger partial charge in [-0.2, -0.15) is 0 Å². The van der Waals surface area contributed by atoms with Gasteiger partial charge in [0, 0.05) is 0 Å². The van der Waals surface area contributed by atoms with Crippen molar-refractivity contribution in [3.8, 4) is 0 Å². The van der Waals surface area contributed by atoms with Crippen LogP contribution < -0.4 is 77.0 Å². The average molecular weight is 329 g/mol. The van der Waals surface area contributed by atoms with Gasteiger partial charge in [0.1, 0.15) is 0 Å².